The van der Waals surface area contributed by atoms with Gasteiger partial charge in [-0.05, 0) is 35.4 Å². The van der Waals surface area contributed by atoms with E-state index in [1.54, 1.807) is 4.90 Å². The first-order chi connectivity index (χ1) is 12.7. The number of halogens is 1. The molecule has 0 spiro atoms. The molecule has 3 nitrogen and oxygen atoms in total. The minimum atomic E-state index is -0.847. The third kappa shape index (κ3) is 2.96. The number of rotatable bonds is 4. The number of hydrogen-bond acceptors (Lipinski definition) is 2. The average Bonchev–Trinajstić information content (AvgIpc) is 2.68. The van der Waals surface area contributed by atoms with E-state index >= 15 is 0 Å². The maximum Gasteiger partial charge on any atom is 0.236 e. The number of nitrogens with zero attached hydrogens (tertiary/aromatic N) is 1. The Hall–Kier alpha value is -2.43. The van der Waals surface area contributed by atoms with Gasteiger partial charge in [-0.15, -0.1) is 0 Å². The first-order valence-electron chi connectivity index (χ1n) is 8.53. The number of anilines is 1. The summed E-state index contributed by atoms with van der Waals surface area (Å²) in [6, 6.07) is 26.8. The Morgan fingerprint density at radius 1 is 0.846 bits per heavy atom. The fourth-order valence-corrected chi connectivity index (χ4v) is 3.83. The highest BCUT2D eigenvalue weighted by molar-refractivity contribution is 9.10. The zero-order valence-electron chi connectivity index (χ0n) is 14.0. The average molecular weight is 408 g/mol. The number of amides is 1. The van der Waals surface area contributed by atoms with E-state index in [1.807, 2.05) is 84.9 Å². The Balaban J connectivity index is 1.72. The molecule has 3 aromatic carbocycles. The van der Waals surface area contributed by atoms with Crippen molar-refractivity contribution in [1.29, 1.82) is 0 Å². The fraction of sp³-hybridized carbons (Fsp3) is 0.136. The molecular formula is C22H18BrNO2. The molecule has 1 amide bonds. The van der Waals surface area contributed by atoms with Crippen LogP contribution in [-0.2, 0) is 4.79 Å². The molecule has 0 aliphatic carbocycles. The van der Waals surface area contributed by atoms with Crippen molar-refractivity contribution >= 4 is 27.5 Å². The van der Waals surface area contributed by atoms with Gasteiger partial charge in [-0.2, -0.15) is 0 Å². The van der Waals surface area contributed by atoms with Crippen LogP contribution in [-0.4, -0.2) is 11.0 Å². The van der Waals surface area contributed by atoms with Gasteiger partial charge in [-0.25, -0.2) is 0 Å². The summed E-state index contributed by atoms with van der Waals surface area (Å²) in [7, 11) is 0. The number of benzene rings is 3. The van der Waals surface area contributed by atoms with Gasteiger partial charge in [0.05, 0.1) is 18.1 Å². The van der Waals surface area contributed by atoms with Gasteiger partial charge in [-0.1, -0.05) is 76.6 Å². The monoisotopic (exact) mass is 407 g/mol. The Morgan fingerprint density at radius 2 is 1.42 bits per heavy atom. The number of carbonyl (C=O) groups excluding carboxylic acids is 1. The summed E-state index contributed by atoms with van der Waals surface area (Å²) in [5.74, 6) is -0.556. The summed E-state index contributed by atoms with van der Waals surface area (Å²) in [5, 5.41) is 10.9. The molecule has 0 aromatic heterocycles. The summed E-state index contributed by atoms with van der Waals surface area (Å²) in [4.78, 5) is 14.8. The molecule has 3 atom stereocenters. The summed E-state index contributed by atoms with van der Waals surface area (Å²) < 4.78 is 0.943. The highest BCUT2D eigenvalue weighted by Crippen LogP contribution is 2.48. The highest BCUT2D eigenvalue weighted by atomic mass is 79.9. The Bertz CT molecular complexity index is 896. The summed E-state index contributed by atoms with van der Waals surface area (Å²) >= 11 is 3.41. The van der Waals surface area contributed by atoms with Crippen LogP contribution in [0, 0.1) is 5.92 Å². The lowest BCUT2D eigenvalue weighted by atomic mass is 9.76. The quantitative estimate of drug-likeness (QED) is 0.625. The molecule has 3 aromatic rings. The molecule has 1 fully saturated rings. The molecule has 130 valence electrons. The van der Waals surface area contributed by atoms with Crippen molar-refractivity contribution in [2.24, 2.45) is 5.92 Å². The van der Waals surface area contributed by atoms with E-state index in [9.17, 15) is 9.90 Å². The maximum atomic E-state index is 13.0. The number of carbonyl (C=O) groups is 1. The van der Waals surface area contributed by atoms with Crippen molar-refractivity contribution < 1.29 is 9.90 Å². The van der Waals surface area contributed by atoms with E-state index < -0.39 is 12.0 Å². The van der Waals surface area contributed by atoms with Crippen LogP contribution in [0.4, 0.5) is 5.69 Å². The topological polar surface area (TPSA) is 40.5 Å². The second-order valence-corrected chi connectivity index (χ2v) is 7.34. The SMILES string of the molecule is O=C1C(C(O)c2ccc(Br)cc2)C(c2ccccc2)N1c1ccccc1. The lowest BCUT2D eigenvalue weighted by Gasteiger charge is -2.49. The standard InChI is InChI=1S/C22H18BrNO2/c23-17-13-11-16(12-14-17)21(25)19-20(15-7-3-1-4-8-15)24(22(19)26)18-9-5-2-6-10-18/h1-14,19-21,25H. The van der Waals surface area contributed by atoms with Gasteiger partial charge in [0, 0.05) is 10.2 Å². The van der Waals surface area contributed by atoms with E-state index in [2.05, 4.69) is 15.9 Å². The molecule has 26 heavy (non-hydrogen) atoms. The molecule has 1 aliphatic heterocycles. The Morgan fingerprint density at radius 3 is 2.04 bits per heavy atom. The predicted octanol–water partition coefficient (Wildman–Crippen LogP) is 4.89. The van der Waals surface area contributed by atoms with E-state index in [0.717, 1.165) is 21.3 Å². The van der Waals surface area contributed by atoms with E-state index in [-0.39, 0.29) is 11.9 Å². The third-order valence-corrected chi connectivity index (χ3v) is 5.40. The Labute approximate surface area is 161 Å². The molecule has 3 unspecified atom stereocenters. The smallest absolute Gasteiger partial charge is 0.236 e. The summed E-state index contributed by atoms with van der Waals surface area (Å²) in [5.41, 5.74) is 2.63. The van der Waals surface area contributed by atoms with Crippen LogP contribution in [0.1, 0.15) is 23.3 Å². The molecule has 1 N–H and O–H groups in total. The van der Waals surface area contributed by atoms with Gasteiger partial charge < -0.3 is 10.0 Å². The van der Waals surface area contributed by atoms with Crippen LogP contribution in [0.3, 0.4) is 0 Å². The molecule has 1 aliphatic rings. The van der Waals surface area contributed by atoms with Crippen LogP contribution in [0.5, 0.6) is 0 Å². The lowest BCUT2D eigenvalue weighted by Crippen LogP contribution is -2.57. The lowest BCUT2D eigenvalue weighted by molar-refractivity contribution is -0.136. The van der Waals surface area contributed by atoms with Crippen LogP contribution in [0.2, 0.25) is 0 Å². The number of aliphatic hydroxyl groups is 1. The fourth-order valence-electron chi connectivity index (χ4n) is 3.57. The van der Waals surface area contributed by atoms with Crippen molar-refractivity contribution in [3.05, 3.63) is 101 Å². The zero-order valence-corrected chi connectivity index (χ0v) is 15.6. The first-order valence-corrected chi connectivity index (χ1v) is 9.33. The van der Waals surface area contributed by atoms with Gasteiger partial charge in [0.25, 0.3) is 0 Å². The maximum absolute atomic E-state index is 13.0. The predicted molar refractivity (Wildman–Crippen MR) is 106 cm³/mol. The van der Waals surface area contributed by atoms with Crippen LogP contribution in [0.25, 0.3) is 0 Å². The Kier molecular flexibility index (Phi) is 4.62. The van der Waals surface area contributed by atoms with Crippen molar-refractivity contribution in [1.82, 2.24) is 0 Å². The van der Waals surface area contributed by atoms with E-state index in [4.69, 9.17) is 0 Å². The minimum absolute atomic E-state index is 0.0551. The van der Waals surface area contributed by atoms with Crippen molar-refractivity contribution in [2.75, 3.05) is 4.90 Å². The second-order valence-electron chi connectivity index (χ2n) is 6.42. The molecule has 4 rings (SSSR count). The second kappa shape index (κ2) is 7.06. The zero-order chi connectivity index (χ0) is 18.1. The van der Waals surface area contributed by atoms with Crippen LogP contribution >= 0.6 is 15.9 Å². The van der Waals surface area contributed by atoms with Crippen LogP contribution < -0.4 is 4.90 Å². The molecule has 1 heterocycles. The molecule has 0 bridgehead atoms. The van der Waals surface area contributed by atoms with E-state index in [0.29, 0.717) is 0 Å². The molecule has 0 saturated carbocycles. The van der Waals surface area contributed by atoms with Crippen molar-refractivity contribution in [3.8, 4) is 0 Å². The normalized spacial score (nSPS) is 20.5. The number of aliphatic hydroxyl groups excluding tert-OH is 1. The van der Waals surface area contributed by atoms with Crippen LogP contribution in [0.15, 0.2) is 89.4 Å². The summed E-state index contributed by atoms with van der Waals surface area (Å²) in [6.07, 6.45) is -0.847. The van der Waals surface area contributed by atoms with Crippen molar-refractivity contribution in [2.45, 2.75) is 12.1 Å². The van der Waals surface area contributed by atoms with Crippen molar-refractivity contribution in [3.63, 3.8) is 0 Å². The minimum Gasteiger partial charge on any atom is -0.387 e. The highest BCUT2D eigenvalue weighted by Gasteiger charge is 2.52. The molecular weight excluding hydrogens is 390 g/mol. The number of para-hydroxylation sites is 1. The molecule has 4 heteroatoms. The largest absolute Gasteiger partial charge is 0.387 e. The van der Waals surface area contributed by atoms with Gasteiger partial charge in [0.15, 0.2) is 0 Å². The third-order valence-electron chi connectivity index (χ3n) is 4.87. The molecule has 0 radical (unpaired) electrons. The van der Waals surface area contributed by atoms with Gasteiger partial charge >= 0.3 is 0 Å². The number of hydrogen-bond donors (Lipinski definition) is 1. The first kappa shape index (κ1) is 17.0. The molecule has 1 saturated heterocycles. The van der Waals surface area contributed by atoms with Gasteiger partial charge in [0.1, 0.15) is 0 Å². The van der Waals surface area contributed by atoms with Gasteiger partial charge in [-0.3, -0.25) is 4.79 Å². The van der Waals surface area contributed by atoms with E-state index in [1.165, 1.54) is 0 Å². The summed E-state index contributed by atoms with van der Waals surface area (Å²) in [6.45, 7) is 0. The number of β-lactam (4-membered cyclic amide) rings is 1. The van der Waals surface area contributed by atoms with Gasteiger partial charge in [0.2, 0.25) is 5.91 Å².